The molecule has 3 rings (SSSR count). The van der Waals surface area contributed by atoms with E-state index in [4.69, 9.17) is 4.74 Å². The Bertz CT molecular complexity index is 728. The van der Waals surface area contributed by atoms with Gasteiger partial charge in [0, 0.05) is 17.9 Å². The molecule has 0 fully saturated rings. The van der Waals surface area contributed by atoms with E-state index in [1.807, 2.05) is 43.3 Å². The lowest BCUT2D eigenvalue weighted by Crippen LogP contribution is -1.98. The molecule has 0 aliphatic carbocycles. The maximum absolute atomic E-state index is 10.3. The Morgan fingerprint density at radius 1 is 1.11 bits per heavy atom. The van der Waals surface area contributed by atoms with Crippen LogP contribution in [-0.4, -0.2) is 16.8 Å². The van der Waals surface area contributed by atoms with Crippen molar-refractivity contribution in [2.45, 2.75) is 13.7 Å². The quantitative estimate of drug-likeness (QED) is 0.746. The van der Waals surface area contributed by atoms with E-state index in [2.05, 4.69) is 4.57 Å². The highest BCUT2D eigenvalue weighted by molar-refractivity contribution is 6.11. The summed E-state index contributed by atoms with van der Waals surface area (Å²) in [5.41, 5.74) is 2.97. The van der Waals surface area contributed by atoms with E-state index in [1.54, 1.807) is 7.11 Å². The van der Waals surface area contributed by atoms with Crippen LogP contribution in [0.1, 0.15) is 5.56 Å². The third kappa shape index (κ3) is 1.41. The van der Waals surface area contributed by atoms with Gasteiger partial charge in [0.05, 0.1) is 11.0 Å². The molecule has 1 N–H and O–H groups in total. The number of hydrogen-bond acceptors (Lipinski definition) is 2. The van der Waals surface area contributed by atoms with E-state index in [0.717, 1.165) is 27.4 Å². The lowest BCUT2D eigenvalue weighted by molar-refractivity contribution is 0.138. The van der Waals surface area contributed by atoms with Gasteiger partial charge in [-0.05, 0) is 24.6 Å². The average Bonchev–Trinajstić information content (AvgIpc) is 2.70. The van der Waals surface area contributed by atoms with Crippen molar-refractivity contribution >= 4 is 21.8 Å². The van der Waals surface area contributed by atoms with Gasteiger partial charge >= 0.3 is 0 Å². The minimum Gasteiger partial charge on any atom is -0.507 e. The van der Waals surface area contributed by atoms with Crippen LogP contribution < -0.4 is 0 Å². The molecule has 0 bridgehead atoms. The Labute approximate surface area is 105 Å². The van der Waals surface area contributed by atoms with Gasteiger partial charge in [-0.15, -0.1) is 0 Å². The minimum atomic E-state index is 0.360. The largest absolute Gasteiger partial charge is 0.507 e. The second-order valence-electron chi connectivity index (χ2n) is 4.49. The van der Waals surface area contributed by atoms with Crippen LogP contribution in [0.15, 0.2) is 36.4 Å². The number of aromatic nitrogens is 1. The molecule has 3 heteroatoms. The fraction of sp³-hybridized carbons (Fsp3) is 0.200. The topological polar surface area (TPSA) is 34.4 Å². The first-order valence-corrected chi connectivity index (χ1v) is 5.92. The van der Waals surface area contributed by atoms with Crippen LogP contribution in [0.2, 0.25) is 0 Å². The molecule has 0 saturated heterocycles. The van der Waals surface area contributed by atoms with E-state index >= 15 is 0 Å². The molecule has 1 aromatic heterocycles. The summed E-state index contributed by atoms with van der Waals surface area (Å²) in [5.74, 6) is 0.360. The van der Waals surface area contributed by atoms with Crippen molar-refractivity contribution in [2.75, 3.05) is 7.11 Å². The van der Waals surface area contributed by atoms with E-state index < -0.39 is 0 Å². The molecule has 1 heterocycles. The van der Waals surface area contributed by atoms with Crippen LogP contribution in [0, 0.1) is 6.92 Å². The molecule has 92 valence electrons. The molecule has 0 aliphatic rings. The van der Waals surface area contributed by atoms with Crippen LogP contribution >= 0.6 is 0 Å². The van der Waals surface area contributed by atoms with Gasteiger partial charge in [0.25, 0.3) is 0 Å². The van der Waals surface area contributed by atoms with Crippen molar-refractivity contribution in [2.24, 2.45) is 0 Å². The summed E-state index contributed by atoms with van der Waals surface area (Å²) < 4.78 is 7.33. The molecule has 3 aromatic rings. The predicted molar refractivity (Wildman–Crippen MR) is 72.9 cm³/mol. The molecular formula is C15H15NO2. The molecule has 2 aromatic carbocycles. The number of phenols is 1. The first kappa shape index (κ1) is 11.1. The van der Waals surface area contributed by atoms with Crippen molar-refractivity contribution in [1.29, 1.82) is 0 Å². The number of hydrogen-bond donors (Lipinski definition) is 1. The summed E-state index contributed by atoms with van der Waals surface area (Å²) in [7, 11) is 1.68. The van der Waals surface area contributed by atoms with Crippen molar-refractivity contribution < 1.29 is 9.84 Å². The molecule has 0 unspecified atom stereocenters. The number of aromatic hydroxyl groups is 1. The Kier molecular flexibility index (Phi) is 2.49. The number of ether oxygens (including phenoxy) is 1. The Balaban J connectivity index is 2.54. The van der Waals surface area contributed by atoms with Crippen LogP contribution in [0.25, 0.3) is 21.8 Å². The molecule has 18 heavy (non-hydrogen) atoms. The molecule has 0 atom stereocenters. The SMILES string of the molecule is COCn1c2ccccc2c2c(O)c(C)ccc21. The molecule has 0 radical (unpaired) electrons. The molecule has 0 spiro atoms. The Morgan fingerprint density at radius 3 is 2.67 bits per heavy atom. The zero-order valence-electron chi connectivity index (χ0n) is 10.5. The number of nitrogens with zero attached hydrogens (tertiary/aromatic N) is 1. The lowest BCUT2D eigenvalue weighted by Gasteiger charge is -2.06. The van der Waals surface area contributed by atoms with Gasteiger partial charge in [0.15, 0.2) is 0 Å². The zero-order chi connectivity index (χ0) is 12.7. The number of aryl methyl sites for hydroxylation is 1. The highest BCUT2D eigenvalue weighted by Crippen LogP contribution is 2.36. The average molecular weight is 241 g/mol. The summed E-state index contributed by atoms with van der Waals surface area (Å²) >= 11 is 0. The van der Waals surface area contributed by atoms with Gasteiger partial charge < -0.3 is 14.4 Å². The number of methoxy groups -OCH3 is 1. The second-order valence-corrected chi connectivity index (χ2v) is 4.49. The van der Waals surface area contributed by atoms with Gasteiger partial charge in [-0.2, -0.15) is 0 Å². The van der Waals surface area contributed by atoms with Crippen molar-refractivity contribution in [3.05, 3.63) is 42.0 Å². The number of para-hydroxylation sites is 1. The highest BCUT2D eigenvalue weighted by atomic mass is 16.5. The van der Waals surface area contributed by atoms with Gasteiger partial charge in [-0.3, -0.25) is 0 Å². The summed E-state index contributed by atoms with van der Waals surface area (Å²) in [6, 6.07) is 12.0. The zero-order valence-corrected chi connectivity index (χ0v) is 10.5. The molecule has 0 amide bonds. The van der Waals surface area contributed by atoms with Crippen LogP contribution in [0.4, 0.5) is 0 Å². The second kappa shape index (κ2) is 4.03. The summed E-state index contributed by atoms with van der Waals surface area (Å²) in [6.07, 6.45) is 0. The van der Waals surface area contributed by atoms with E-state index in [0.29, 0.717) is 12.5 Å². The Hall–Kier alpha value is -2.00. The first-order chi connectivity index (χ1) is 8.74. The smallest absolute Gasteiger partial charge is 0.128 e. The van der Waals surface area contributed by atoms with Crippen LogP contribution in [-0.2, 0) is 11.5 Å². The van der Waals surface area contributed by atoms with Crippen molar-refractivity contribution in [3.8, 4) is 5.75 Å². The summed E-state index contributed by atoms with van der Waals surface area (Å²) in [5, 5.41) is 12.2. The fourth-order valence-electron chi connectivity index (χ4n) is 2.49. The normalized spacial score (nSPS) is 11.4. The molecular weight excluding hydrogens is 226 g/mol. The minimum absolute atomic E-state index is 0.360. The van der Waals surface area contributed by atoms with Crippen LogP contribution in [0.3, 0.4) is 0 Å². The maximum atomic E-state index is 10.3. The number of rotatable bonds is 2. The number of phenolic OH excluding ortho intramolecular Hbond substituents is 1. The van der Waals surface area contributed by atoms with Gasteiger partial charge in [-0.1, -0.05) is 24.3 Å². The number of fused-ring (bicyclic) bond motifs is 3. The summed E-state index contributed by atoms with van der Waals surface area (Å²) in [6.45, 7) is 2.39. The first-order valence-electron chi connectivity index (χ1n) is 5.92. The van der Waals surface area contributed by atoms with Gasteiger partial charge in [0.2, 0.25) is 0 Å². The van der Waals surface area contributed by atoms with Crippen LogP contribution in [0.5, 0.6) is 5.75 Å². The third-order valence-electron chi connectivity index (χ3n) is 3.37. The summed E-state index contributed by atoms with van der Waals surface area (Å²) in [4.78, 5) is 0. The third-order valence-corrected chi connectivity index (χ3v) is 3.37. The Morgan fingerprint density at radius 2 is 1.89 bits per heavy atom. The predicted octanol–water partition coefficient (Wildman–Crippen LogP) is 3.41. The van der Waals surface area contributed by atoms with Gasteiger partial charge in [0.1, 0.15) is 12.5 Å². The standard InChI is InChI=1S/C15H15NO2/c1-10-7-8-13-14(15(10)17)11-5-3-4-6-12(11)16(13)9-18-2/h3-8,17H,9H2,1-2H3. The number of benzene rings is 2. The maximum Gasteiger partial charge on any atom is 0.128 e. The highest BCUT2D eigenvalue weighted by Gasteiger charge is 2.14. The molecule has 0 aliphatic heterocycles. The fourth-order valence-corrected chi connectivity index (χ4v) is 2.49. The van der Waals surface area contributed by atoms with E-state index in [9.17, 15) is 5.11 Å². The lowest BCUT2D eigenvalue weighted by atomic mass is 10.1. The van der Waals surface area contributed by atoms with Crippen molar-refractivity contribution in [3.63, 3.8) is 0 Å². The molecule has 3 nitrogen and oxygen atoms in total. The van der Waals surface area contributed by atoms with E-state index in [-0.39, 0.29) is 0 Å². The molecule has 0 saturated carbocycles. The van der Waals surface area contributed by atoms with Gasteiger partial charge in [-0.25, -0.2) is 0 Å². The monoisotopic (exact) mass is 241 g/mol. The van der Waals surface area contributed by atoms with E-state index in [1.165, 1.54) is 0 Å². The van der Waals surface area contributed by atoms with Crippen molar-refractivity contribution in [1.82, 2.24) is 4.57 Å².